The Morgan fingerprint density at radius 3 is 2.69 bits per heavy atom. The van der Waals surface area contributed by atoms with Crippen LogP contribution in [0.25, 0.3) is 0 Å². The Kier molecular flexibility index (Phi) is 3.05. The van der Waals surface area contributed by atoms with Crippen molar-refractivity contribution in [3.8, 4) is 0 Å². The van der Waals surface area contributed by atoms with Crippen molar-refractivity contribution < 1.29 is 19.4 Å². The van der Waals surface area contributed by atoms with Crippen LogP contribution in [0, 0.1) is 0 Å². The molecule has 1 N–H and O–H groups in total. The molecule has 0 aromatic heterocycles. The maximum atomic E-state index is 10.7. The molecule has 0 aromatic rings. The van der Waals surface area contributed by atoms with Gasteiger partial charge in [0.2, 0.25) is 0 Å². The monoisotopic (exact) mass is 188 g/mol. The van der Waals surface area contributed by atoms with Crippen molar-refractivity contribution in [3.63, 3.8) is 0 Å². The van der Waals surface area contributed by atoms with Crippen molar-refractivity contribution in [2.45, 2.75) is 45.2 Å². The van der Waals surface area contributed by atoms with Gasteiger partial charge in [0.25, 0.3) is 0 Å². The van der Waals surface area contributed by atoms with Gasteiger partial charge in [0.05, 0.1) is 12.7 Å². The molecule has 76 valence electrons. The largest absolute Gasteiger partial charge is 0.390 e. The third-order valence-corrected chi connectivity index (χ3v) is 1.96. The molecule has 2 atom stereocenters. The summed E-state index contributed by atoms with van der Waals surface area (Å²) in [5.41, 5.74) is 0. The number of aliphatic hydroxyl groups excluding tert-OH is 1. The maximum Gasteiger partial charge on any atom is 0.163 e. The fourth-order valence-electron chi connectivity index (χ4n) is 1.33. The molecule has 1 saturated heterocycles. The molecule has 0 amide bonds. The zero-order chi connectivity index (χ0) is 10.1. The summed E-state index contributed by atoms with van der Waals surface area (Å²) in [6.07, 6.45) is -0.998. The molecular formula is C9H16O4. The van der Waals surface area contributed by atoms with Gasteiger partial charge in [0.15, 0.2) is 5.79 Å². The Bertz CT molecular complexity index is 200. The average molecular weight is 188 g/mol. The van der Waals surface area contributed by atoms with Crippen molar-refractivity contribution in [2.24, 2.45) is 0 Å². The second-order valence-corrected chi connectivity index (χ2v) is 3.84. The molecule has 1 aliphatic heterocycles. The van der Waals surface area contributed by atoms with Gasteiger partial charge < -0.3 is 14.6 Å². The minimum absolute atomic E-state index is 0.0409. The summed E-state index contributed by atoms with van der Waals surface area (Å²) in [4.78, 5) is 10.7. The highest BCUT2D eigenvalue weighted by Crippen LogP contribution is 2.24. The van der Waals surface area contributed by atoms with Crippen LogP contribution >= 0.6 is 0 Å². The zero-order valence-electron chi connectivity index (χ0n) is 8.24. The number of hydrogen-bond acceptors (Lipinski definition) is 4. The van der Waals surface area contributed by atoms with Crippen molar-refractivity contribution in [1.29, 1.82) is 0 Å². The number of carbonyl (C=O) groups is 1. The molecule has 1 fully saturated rings. The fraction of sp³-hybridized carbons (Fsp3) is 0.889. The second-order valence-electron chi connectivity index (χ2n) is 3.84. The van der Waals surface area contributed by atoms with Crippen LogP contribution in [-0.2, 0) is 14.3 Å². The van der Waals surface area contributed by atoms with Gasteiger partial charge in [0, 0.05) is 6.42 Å². The van der Waals surface area contributed by atoms with E-state index in [-0.39, 0.29) is 18.3 Å². The summed E-state index contributed by atoms with van der Waals surface area (Å²) in [6.45, 7) is 5.37. The molecule has 13 heavy (non-hydrogen) atoms. The Morgan fingerprint density at radius 1 is 1.69 bits per heavy atom. The van der Waals surface area contributed by atoms with E-state index in [0.717, 1.165) is 0 Å². The lowest BCUT2D eigenvalue weighted by molar-refractivity contribution is -0.153. The number of Topliss-reactive ketones (excluding diaryl/α,β-unsaturated/α-hetero) is 1. The normalized spacial score (nSPS) is 28.8. The summed E-state index contributed by atoms with van der Waals surface area (Å²) >= 11 is 0. The van der Waals surface area contributed by atoms with Crippen molar-refractivity contribution >= 4 is 5.78 Å². The lowest BCUT2D eigenvalue weighted by Gasteiger charge is -2.19. The molecular weight excluding hydrogens is 172 g/mol. The van der Waals surface area contributed by atoms with Gasteiger partial charge in [-0.1, -0.05) is 0 Å². The van der Waals surface area contributed by atoms with Crippen molar-refractivity contribution in [3.05, 3.63) is 0 Å². The van der Waals surface area contributed by atoms with E-state index in [0.29, 0.717) is 6.61 Å². The van der Waals surface area contributed by atoms with Crippen LogP contribution < -0.4 is 0 Å². The minimum Gasteiger partial charge on any atom is -0.390 e. The second kappa shape index (κ2) is 3.74. The smallest absolute Gasteiger partial charge is 0.163 e. The van der Waals surface area contributed by atoms with Gasteiger partial charge in [-0.2, -0.15) is 0 Å². The van der Waals surface area contributed by atoms with Gasteiger partial charge in [-0.3, -0.25) is 4.79 Å². The summed E-state index contributed by atoms with van der Waals surface area (Å²) in [5.74, 6) is -0.677. The van der Waals surface area contributed by atoms with Crippen molar-refractivity contribution in [2.75, 3.05) is 6.61 Å². The van der Waals surface area contributed by atoms with E-state index in [2.05, 4.69) is 0 Å². The van der Waals surface area contributed by atoms with E-state index < -0.39 is 11.9 Å². The molecule has 0 spiro atoms. The molecule has 1 rings (SSSR count). The third kappa shape index (κ3) is 3.06. The van der Waals surface area contributed by atoms with Gasteiger partial charge in [0.1, 0.15) is 11.9 Å². The molecule has 0 unspecified atom stereocenters. The molecule has 1 aliphatic rings. The predicted molar refractivity (Wildman–Crippen MR) is 46.2 cm³/mol. The van der Waals surface area contributed by atoms with Gasteiger partial charge in [-0.25, -0.2) is 0 Å². The number of aliphatic hydroxyl groups is 1. The topological polar surface area (TPSA) is 55.8 Å². The lowest BCUT2D eigenvalue weighted by atomic mass is 10.1. The highest BCUT2D eigenvalue weighted by atomic mass is 16.7. The first-order valence-corrected chi connectivity index (χ1v) is 4.40. The van der Waals surface area contributed by atoms with Crippen LogP contribution in [0.4, 0.5) is 0 Å². The van der Waals surface area contributed by atoms with E-state index in [1.165, 1.54) is 6.92 Å². The summed E-state index contributed by atoms with van der Waals surface area (Å²) < 4.78 is 10.6. The number of ketones is 1. The van der Waals surface area contributed by atoms with Gasteiger partial charge in [-0.15, -0.1) is 0 Å². The predicted octanol–water partition coefficient (Wildman–Crippen LogP) is 0.478. The number of rotatable bonds is 3. The lowest BCUT2D eigenvalue weighted by Crippen LogP contribution is -2.31. The molecule has 0 bridgehead atoms. The van der Waals surface area contributed by atoms with Gasteiger partial charge in [-0.05, 0) is 20.8 Å². The Hall–Kier alpha value is -0.450. The van der Waals surface area contributed by atoms with E-state index in [1.54, 1.807) is 13.8 Å². The fourth-order valence-corrected chi connectivity index (χ4v) is 1.33. The van der Waals surface area contributed by atoms with Crippen LogP contribution in [0.2, 0.25) is 0 Å². The quantitative estimate of drug-likeness (QED) is 0.699. The Labute approximate surface area is 77.8 Å². The van der Waals surface area contributed by atoms with E-state index in [9.17, 15) is 9.90 Å². The Balaban J connectivity index is 2.42. The SMILES string of the molecule is CC(=O)C[C@@H](O)[C@@H]1COC(C)(C)O1. The van der Waals surface area contributed by atoms with E-state index >= 15 is 0 Å². The molecule has 0 saturated carbocycles. The molecule has 0 radical (unpaired) electrons. The summed E-state index contributed by atoms with van der Waals surface area (Å²) in [6, 6.07) is 0. The molecule has 4 heteroatoms. The van der Waals surface area contributed by atoms with E-state index in [1.807, 2.05) is 0 Å². The molecule has 0 aromatic carbocycles. The van der Waals surface area contributed by atoms with Crippen LogP contribution in [-0.4, -0.2) is 35.5 Å². The molecule has 1 heterocycles. The first kappa shape index (κ1) is 10.6. The highest BCUT2D eigenvalue weighted by Gasteiger charge is 2.36. The molecule has 4 nitrogen and oxygen atoms in total. The van der Waals surface area contributed by atoms with Crippen LogP contribution in [0.3, 0.4) is 0 Å². The standard InChI is InChI=1S/C9H16O4/c1-6(10)4-7(11)8-5-12-9(2,3)13-8/h7-8,11H,4-5H2,1-3H3/t7-,8+/m1/s1. The van der Waals surface area contributed by atoms with Crippen LogP contribution in [0.5, 0.6) is 0 Å². The van der Waals surface area contributed by atoms with Crippen LogP contribution in [0.1, 0.15) is 27.2 Å². The van der Waals surface area contributed by atoms with Crippen molar-refractivity contribution in [1.82, 2.24) is 0 Å². The minimum atomic E-state index is -0.751. The zero-order valence-corrected chi connectivity index (χ0v) is 8.24. The van der Waals surface area contributed by atoms with Gasteiger partial charge >= 0.3 is 0 Å². The first-order valence-electron chi connectivity index (χ1n) is 4.40. The first-order chi connectivity index (χ1) is 5.91. The number of hydrogen-bond donors (Lipinski definition) is 1. The highest BCUT2D eigenvalue weighted by molar-refractivity contribution is 5.76. The number of ether oxygens (including phenoxy) is 2. The average Bonchev–Trinajstić information content (AvgIpc) is 2.28. The molecule has 0 aliphatic carbocycles. The van der Waals surface area contributed by atoms with E-state index in [4.69, 9.17) is 9.47 Å². The Morgan fingerprint density at radius 2 is 2.31 bits per heavy atom. The maximum absolute atomic E-state index is 10.7. The summed E-state index contributed by atoms with van der Waals surface area (Å²) in [5, 5.41) is 9.53. The van der Waals surface area contributed by atoms with Crippen LogP contribution in [0.15, 0.2) is 0 Å². The summed E-state index contributed by atoms with van der Waals surface area (Å²) in [7, 11) is 0. The number of carbonyl (C=O) groups excluding carboxylic acids is 1. The third-order valence-electron chi connectivity index (χ3n) is 1.96.